The molecule has 204 valence electrons. The van der Waals surface area contributed by atoms with Gasteiger partial charge in [-0.2, -0.15) is 0 Å². The first kappa shape index (κ1) is 26.9. The number of benzene rings is 1. The van der Waals surface area contributed by atoms with Crippen molar-refractivity contribution in [3.05, 3.63) is 47.0 Å². The Morgan fingerprint density at radius 2 is 1.84 bits per heavy atom. The van der Waals surface area contributed by atoms with Crippen LogP contribution in [0.25, 0.3) is 0 Å². The van der Waals surface area contributed by atoms with E-state index in [1.807, 2.05) is 29.2 Å². The summed E-state index contributed by atoms with van der Waals surface area (Å²) in [6, 6.07) is 7.43. The quantitative estimate of drug-likeness (QED) is 0.467. The van der Waals surface area contributed by atoms with E-state index in [2.05, 4.69) is 27.1 Å². The molecule has 1 aromatic carbocycles. The third-order valence-corrected chi connectivity index (χ3v) is 9.14. The average molecular weight is 540 g/mol. The van der Waals surface area contributed by atoms with E-state index in [4.69, 9.17) is 11.6 Å². The first-order chi connectivity index (χ1) is 18.4. The summed E-state index contributed by atoms with van der Waals surface area (Å²) in [4.78, 5) is 50.6. The molecule has 5 rings (SSSR count). The molecule has 1 saturated carbocycles. The van der Waals surface area contributed by atoms with E-state index in [9.17, 15) is 14.4 Å². The molecule has 0 atom stereocenters. The van der Waals surface area contributed by atoms with Crippen LogP contribution in [0.5, 0.6) is 0 Å². The molecule has 0 bridgehead atoms. The standard InChI is InChI=1S/C29H38ClN5O3/c1-20-10-16-34(17-11-20)15-4-7-24(36)25-26(32-19-31-25)27(37)33-21-8-12-29(13-9-21)14-18-35(28(29)38)23-6-3-2-5-22(23)30/h2-3,5-6,19-21H,4,7-18H2,1H3,(H,31,32)(H,33,37). The zero-order valence-electron chi connectivity index (χ0n) is 22.2. The lowest BCUT2D eigenvalue weighted by Gasteiger charge is -2.36. The van der Waals surface area contributed by atoms with Crippen molar-refractivity contribution in [2.45, 2.75) is 70.8 Å². The van der Waals surface area contributed by atoms with E-state index in [0.29, 0.717) is 18.0 Å². The molecule has 2 N–H and O–H groups in total. The number of ketones is 1. The highest BCUT2D eigenvalue weighted by atomic mass is 35.5. The van der Waals surface area contributed by atoms with Crippen molar-refractivity contribution in [3.8, 4) is 0 Å². The van der Waals surface area contributed by atoms with E-state index in [1.54, 1.807) is 0 Å². The molecule has 1 spiro atoms. The van der Waals surface area contributed by atoms with Crippen molar-refractivity contribution >= 4 is 34.9 Å². The number of hydrogen-bond acceptors (Lipinski definition) is 5. The summed E-state index contributed by atoms with van der Waals surface area (Å²) < 4.78 is 0. The lowest BCUT2D eigenvalue weighted by atomic mass is 9.71. The minimum Gasteiger partial charge on any atom is -0.348 e. The molecule has 2 aliphatic heterocycles. The number of H-pyrrole nitrogens is 1. The van der Waals surface area contributed by atoms with Crippen LogP contribution in [0.15, 0.2) is 30.6 Å². The van der Waals surface area contributed by atoms with Crippen LogP contribution in [-0.2, 0) is 4.79 Å². The van der Waals surface area contributed by atoms with Gasteiger partial charge >= 0.3 is 0 Å². The fraction of sp³-hybridized carbons (Fsp3) is 0.586. The van der Waals surface area contributed by atoms with Crippen LogP contribution in [0.3, 0.4) is 0 Å². The van der Waals surface area contributed by atoms with Crippen molar-refractivity contribution in [3.63, 3.8) is 0 Å². The summed E-state index contributed by atoms with van der Waals surface area (Å²) in [5.41, 5.74) is 0.850. The van der Waals surface area contributed by atoms with Crippen LogP contribution in [0.2, 0.25) is 5.02 Å². The van der Waals surface area contributed by atoms with Crippen LogP contribution < -0.4 is 10.2 Å². The highest BCUT2D eigenvalue weighted by molar-refractivity contribution is 6.34. The molecular weight excluding hydrogens is 502 g/mol. The average Bonchev–Trinajstić information content (AvgIpc) is 3.53. The minimum absolute atomic E-state index is 0.0389. The van der Waals surface area contributed by atoms with Gasteiger partial charge in [0.15, 0.2) is 5.78 Å². The van der Waals surface area contributed by atoms with Gasteiger partial charge in [0.1, 0.15) is 11.4 Å². The lowest BCUT2D eigenvalue weighted by molar-refractivity contribution is -0.127. The van der Waals surface area contributed by atoms with Gasteiger partial charge in [0.2, 0.25) is 5.91 Å². The van der Waals surface area contributed by atoms with Gasteiger partial charge in [-0.1, -0.05) is 30.7 Å². The van der Waals surface area contributed by atoms with Crippen LogP contribution in [0.1, 0.15) is 85.7 Å². The Hall–Kier alpha value is -2.71. The topological polar surface area (TPSA) is 98.4 Å². The highest BCUT2D eigenvalue weighted by Crippen LogP contribution is 2.47. The van der Waals surface area contributed by atoms with Crippen molar-refractivity contribution in [2.75, 3.05) is 31.1 Å². The molecule has 2 aromatic rings. The Labute approximate surface area is 229 Å². The number of amides is 2. The van der Waals surface area contributed by atoms with Gasteiger partial charge in [-0.05, 0) is 89.1 Å². The van der Waals surface area contributed by atoms with E-state index in [-0.39, 0.29) is 40.4 Å². The number of para-hydroxylation sites is 1. The van der Waals surface area contributed by atoms with Crippen molar-refractivity contribution in [1.29, 1.82) is 0 Å². The number of nitrogens with zero attached hydrogens (tertiary/aromatic N) is 3. The molecule has 3 heterocycles. The molecular formula is C29H38ClN5O3. The second-order valence-corrected chi connectivity index (χ2v) is 11.8. The normalized spacial score (nSPS) is 24.7. The number of carbonyl (C=O) groups excluding carboxylic acids is 3. The number of aromatic amines is 1. The molecule has 3 aliphatic rings. The molecule has 8 nitrogen and oxygen atoms in total. The summed E-state index contributed by atoms with van der Waals surface area (Å²) in [6.45, 7) is 6.05. The fourth-order valence-electron chi connectivity index (χ4n) is 6.30. The number of nitrogens with one attached hydrogen (secondary N) is 2. The van der Waals surface area contributed by atoms with Crippen molar-refractivity contribution < 1.29 is 14.4 Å². The first-order valence-corrected chi connectivity index (χ1v) is 14.4. The van der Waals surface area contributed by atoms with Gasteiger partial charge in [0.25, 0.3) is 5.91 Å². The zero-order chi connectivity index (χ0) is 26.7. The monoisotopic (exact) mass is 539 g/mol. The molecule has 0 unspecified atom stereocenters. The van der Waals surface area contributed by atoms with E-state index >= 15 is 0 Å². The molecule has 3 fully saturated rings. The van der Waals surface area contributed by atoms with Crippen LogP contribution in [0.4, 0.5) is 5.69 Å². The van der Waals surface area contributed by atoms with Crippen LogP contribution in [0, 0.1) is 11.3 Å². The molecule has 2 saturated heterocycles. The number of piperidine rings is 1. The first-order valence-electron chi connectivity index (χ1n) is 14.0. The van der Waals surface area contributed by atoms with Gasteiger partial charge in [-0.3, -0.25) is 14.4 Å². The number of rotatable bonds is 8. The number of anilines is 1. The van der Waals surface area contributed by atoms with Gasteiger partial charge in [-0.25, -0.2) is 4.98 Å². The number of likely N-dealkylation sites (tertiary alicyclic amines) is 1. The Bertz CT molecular complexity index is 1160. The molecule has 38 heavy (non-hydrogen) atoms. The summed E-state index contributed by atoms with van der Waals surface area (Å²) in [5.74, 6) is 0.526. The summed E-state index contributed by atoms with van der Waals surface area (Å²) in [5, 5.41) is 3.67. The number of carbonyl (C=O) groups is 3. The summed E-state index contributed by atoms with van der Waals surface area (Å²) >= 11 is 6.35. The van der Waals surface area contributed by atoms with Gasteiger partial charge in [-0.15, -0.1) is 0 Å². The molecule has 2 amide bonds. The maximum atomic E-state index is 13.4. The SMILES string of the molecule is CC1CCN(CCCC(=O)c2nc[nH]c2C(=O)NC2CCC3(CC2)CCN(c2ccccc2Cl)C3=O)CC1. The summed E-state index contributed by atoms with van der Waals surface area (Å²) in [6.07, 6.45) is 8.69. The van der Waals surface area contributed by atoms with Gasteiger partial charge in [0.05, 0.1) is 22.5 Å². The number of aromatic nitrogens is 2. The second-order valence-electron chi connectivity index (χ2n) is 11.4. The largest absolute Gasteiger partial charge is 0.348 e. The van der Waals surface area contributed by atoms with E-state index in [0.717, 1.165) is 69.8 Å². The van der Waals surface area contributed by atoms with Crippen LogP contribution >= 0.6 is 11.6 Å². The van der Waals surface area contributed by atoms with Crippen LogP contribution in [-0.4, -0.2) is 64.7 Å². The van der Waals surface area contributed by atoms with Gasteiger partial charge in [0, 0.05) is 19.0 Å². The van der Waals surface area contributed by atoms with Crippen molar-refractivity contribution in [2.24, 2.45) is 11.3 Å². The maximum absolute atomic E-state index is 13.4. The highest BCUT2D eigenvalue weighted by Gasteiger charge is 2.49. The smallest absolute Gasteiger partial charge is 0.270 e. The fourth-order valence-corrected chi connectivity index (χ4v) is 6.54. The molecule has 0 radical (unpaired) electrons. The Morgan fingerprint density at radius 1 is 1.11 bits per heavy atom. The van der Waals surface area contributed by atoms with E-state index < -0.39 is 0 Å². The molecule has 1 aliphatic carbocycles. The maximum Gasteiger partial charge on any atom is 0.270 e. The van der Waals surface area contributed by atoms with E-state index in [1.165, 1.54) is 19.2 Å². The Kier molecular flexibility index (Phi) is 8.19. The number of imidazole rings is 1. The zero-order valence-corrected chi connectivity index (χ0v) is 22.9. The predicted molar refractivity (Wildman–Crippen MR) is 148 cm³/mol. The van der Waals surface area contributed by atoms with Crippen molar-refractivity contribution in [1.82, 2.24) is 20.2 Å². The summed E-state index contributed by atoms with van der Waals surface area (Å²) in [7, 11) is 0. The molecule has 9 heteroatoms. The number of halogens is 1. The predicted octanol–water partition coefficient (Wildman–Crippen LogP) is 4.85. The Balaban J connectivity index is 1.11. The number of Topliss-reactive ketones (excluding diaryl/α,β-unsaturated/α-hetero) is 1. The third-order valence-electron chi connectivity index (χ3n) is 8.82. The third kappa shape index (κ3) is 5.66. The second kappa shape index (κ2) is 11.6. The number of hydrogen-bond donors (Lipinski definition) is 2. The Morgan fingerprint density at radius 3 is 2.58 bits per heavy atom. The van der Waals surface area contributed by atoms with Gasteiger partial charge < -0.3 is 20.1 Å². The lowest BCUT2D eigenvalue weighted by Crippen LogP contribution is -2.44. The molecule has 1 aromatic heterocycles. The minimum atomic E-state index is -0.387.